The van der Waals surface area contributed by atoms with Gasteiger partial charge in [0.1, 0.15) is 17.7 Å². The summed E-state index contributed by atoms with van der Waals surface area (Å²) in [5.41, 5.74) is -0.0706. The number of aryl methyl sites for hydroxylation is 3. The first-order chi connectivity index (χ1) is 21.3. The van der Waals surface area contributed by atoms with E-state index < -0.39 is 59.3 Å². The number of amides is 1. The van der Waals surface area contributed by atoms with Crippen molar-refractivity contribution in [3.8, 4) is 11.1 Å². The van der Waals surface area contributed by atoms with Gasteiger partial charge in [0.2, 0.25) is 5.91 Å². The standard InChI is InChI=1S/C34H40F5N3O4/c1-18(2)10-28(42-17-22(8-9-41(6)7)26(15-29(42)43)34(37,38)39)33(46)40-27(16-30(44)45)25-14-23(11-21(5)32(25)36)31-19(3)12-24(35)13-20(31)4/h11-15,17-18,27-28H,8-10,16H2,1-7H3,(H,40,46)(H,44,45)/t27-,28-/m0/s1. The van der Waals surface area contributed by atoms with Crippen LogP contribution in [0.4, 0.5) is 22.0 Å². The molecule has 0 radical (unpaired) electrons. The summed E-state index contributed by atoms with van der Waals surface area (Å²) in [5, 5.41) is 12.3. The second-order valence-electron chi connectivity index (χ2n) is 12.4. The lowest BCUT2D eigenvalue weighted by Gasteiger charge is -2.27. The summed E-state index contributed by atoms with van der Waals surface area (Å²) in [7, 11) is 3.38. The number of aromatic nitrogens is 1. The van der Waals surface area contributed by atoms with Crippen LogP contribution in [0.2, 0.25) is 0 Å². The minimum atomic E-state index is -4.80. The fourth-order valence-corrected chi connectivity index (χ4v) is 5.68. The minimum Gasteiger partial charge on any atom is -0.481 e. The van der Waals surface area contributed by atoms with E-state index >= 15 is 4.39 Å². The molecular formula is C34H40F5N3O4. The molecule has 12 heteroatoms. The number of rotatable bonds is 12. The van der Waals surface area contributed by atoms with E-state index in [0.29, 0.717) is 28.3 Å². The Bertz CT molecular complexity index is 1640. The average Bonchev–Trinajstić information content (AvgIpc) is 2.90. The van der Waals surface area contributed by atoms with Crippen molar-refractivity contribution >= 4 is 11.9 Å². The van der Waals surface area contributed by atoms with Gasteiger partial charge in [-0.2, -0.15) is 13.2 Å². The number of halogens is 5. The third-order valence-corrected chi connectivity index (χ3v) is 7.77. The summed E-state index contributed by atoms with van der Waals surface area (Å²) in [6.07, 6.45) is -4.51. The molecule has 2 N–H and O–H groups in total. The number of alkyl halides is 3. The summed E-state index contributed by atoms with van der Waals surface area (Å²) in [4.78, 5) is 40.7. The van der Waals surface area contributed by atoms with E-state index in [1.165, 1.54) is 25.1 Å². The van der Waals surface area contributed by atoms with E-state index in [4.69, 9.17) is 0 Å². The lowest BCUT2D eigenvalue weighted by molar-refractivity contribution is -0.139. The average molecular weight is 650 g/mol. The zero-order valence-electron chi connectivity index (χ0n) is 27.0. The first kappa shape index (κ1) is 36.4. The Morgan fingerprint density at radius 1 is 0.978 bits per heavy atom. The van der Waals surface area contributed by atoms with E-state index in [9.17, 15) is 37.1 Å². The zero-order valence-corrected chi connectivity index (χ0v) is 27.0. The van der Waals surface area contributed by atoms with Gasteiger partial charge >= 0.3 is 12.1 Å². The van der Waals surface area contributed by atoms with Crippen molar-refractivity contribution in [3.63, 3.8) is 0 Å². The number of hydrogen-bond acceptors (Lipinski definition) is 4. The van der Waals surface area contributed by atoms with Gasteiger partial charge in [0.25, 0.3) is 5.56 Å². The Morgan fingerprint density at radius 2 is 1.59 bits per heavy atom. The molecule has 0 fully saturated rings. The number of carbonyl (C=O) groups is 2. The van der Waals surface area contributed by atoms with Gasteiger partial charge in [-0.05, 0) is 111 Å². The lowest BCUT2D eigenvalue weighted by atomic mass is 9.90. The maximum absolute atomic E-state index is 15.7. The third-order valence-electron chi connectivity index (χ3n) is 7.77. The maximum Gasteiger partial charge on any atom is 0.416 e. The summed E-state index contributed by atoms with van der Waals surface area (Å²) < 4.78 is 72.3. The van der Waals surface area contributed by atoms with Crippen LogP contribution in [-0.2, 0) is 22.2 Å². The summed E-state index contributed by atoms with van der Waals surface area (Å²) in [6, 6.07) is 3.34. The van der Waals surface area contributed by atoms with Crippen LogP contribution in [0, 0.1) is 38.3 Å². The molecule has 1 heterocycles. The predicted molar refractivity (Wildman–Crippen MR) is 166 cm³/mol. The molecule has 2 aromatic carbocycles. The normalized spacial score (nSPS) is 13.3. The van der Waals surface area contributed by atoms with Gasteiger partial charge in [-0.25, -0.2) is 8.78 Å². The van der Waals surface area contributed by atoms with Gasteiger partial charge in [-0.1, -0.05) is 13.8 Å². The largest absolute Gasteiger partial charge is 0.481 e. The van der Waals surface area contributed by atoms with Gasteiger partial charge in [0.15, 0.2) is 0 Å². The molecule has 250 valence electrons. The highest BCUT2D eigenvalue weighted by Gasteiger charge is 2.36. The smallest absolute Gasteiger partial charge is 0.416 e. The van der Waals surface area contributed by atoms with E-state index in [-0.39, 0.29) is 42.0 Å². The number of carboxylic acid groups (broad SMARTS) is 1. The Hall–Kier alpha value is -4.06. The van der Waals surface area contributed by atoms with E-state index in [0.717, 1.165) is 10.8 Å². The van der Waals surface area contributed by atoms with Crippen LogP contribution in [0.3, 0.4) is 0 Å². The van der Waals surface area contributed by atoms with Gasteiger partial charge in [0.05, 0.1) is 18.0 Å². The molecule has 3 aromatic rings. The van der Waals surface area contributed by atoms with Crippen LogP contribution in [0.1, 0.15) is 72.2 Å². The van der Waals surface area contributed by atoms with Crippen molar-refractivity contribution < 1.29 is 36.6 Å². The van der Waals surface area contributed by atoms with Crippen molar-refractivity contribution in [1.82, 2.24) is 14.8 Å². The van der Waals surface area contributed by atoms with Crippen LogP contribution in [0.25, 0.3) is 11.1 Å². The van der Waals surface area contributed by atoms with Crippen LogP contribution < -0.4 is 10.9 Å². The van der Waals surface area contributed by atoms with Crippen molar-refractivity contribution in [2.45, 2.75) is 72.1 Å². The number of aliphatic carboxylic acids is 1. The molecular weight excluding hydrogens is 609 g/mol. The lowest BCUT2D eigenvalue weighted by Crippen LogP contribution is -2.41. The molecule has 1 amide bonds. The molecule has 0 unspecified atom stereocenters. The Kier molecular flexibility index (Phi) is 11.5. The molecule has 0 saturated carbocycles. The zero-order chi connectivity index (χ0) is 34.7. The summed E-state index contributed by atoms with van der Waals surface area (Å²) >= 11 is 0. The Morgan fingerprint density at radius 3 is 2.11 bits per heavy atom. The number of carboxylic acids is 1. The minimum absolute atomic E-state index is 0.0273. The molecule has 7 nitrogen and oxygen atoms in total. The van der Waals surface area contributed by atoms with Gasteiger partial charge in [0, 0.05) is 24.4 Å². The van der Waals surface area contributed by atoms with E-state index in [1.54, 1.807) is 52.8 Å². The highest BCUT2D eigenvalue weighted by atomic mass is 19.4. The highest BCUT2D eigenvalue weighted by Crippen LogP contribution is 2.35. The van der Waals surface area contributed by atoms with E-state index in [1.807, 2.05) is 0 Å². The van der Waals surface area contributed by atoms with E-state index in [2.05, 4.69) is 5.32 Å². The van der Waals surface area contributed by atoms with Crippen LogP contribution in [-0.4, -0.2) is 47.1 Å². The molecule has 0 bridgehead atoms. The second-order valence-corrected chi connectivity index (χ2v) is 12.4. The van der Waals surface area contributed by atoms with Crippen molar-refractivity contribution in [1.29, 1.82) is 0 Å². The number of benzene rings is 2. The number of likely N-dealkylation sites (N-methyl/N-ethyl adjacent to an activating group) is 1. The molecule has 46 heavy (non-hydrogen) atoms. The molecule has 1 aromatic heterocycles. The quantitative estimate of drug-likeness (QED) is 0.212. The molecule has 3 rings (SSSR count). The first-order valence-electron chi connectivity index (χ1n) is 14.9. The molecule has 2 atom stereocenters. The molecule has 0 aliphatic carbocycles. The number of carbonyl (C=O) groups excluding carboxylic acids is 1. The molecule has 0 spiro atoms. The Balaban J connectivity index is 2.15. The maximum atomic E-state index is 15.7. The van der Waals surface area contributed by atoms with Gasteiger partial charge in [-0.3, -0.25) is 14.4 Å². The Labute approximate surface area is 265 Å². The topological polar surface area (TPSA) is 91.6 Å². The molecule has 0 aliphatic rings. The summed E-state index contributed by atoms with van der Waals surface area (Å²) in [5.74, 6) is -3.61. The second kappa shape index (κ2) is 14.6. The fourth-order valence-electron chi connectivity index (χ4n) is 5.68. The summed E-state index contributed by atoms with van der Waals surface area (Å²) in [6.45, 7) is 8.62. The number of hydrogen-bond donors (Lipinski definition) is 2. The molecule has 0 aliphatic heterocycles. The van der Waals surface area contributed by atoms with Crippen LogP contribution in [0.5, 0.6) is 0 Å². The fraction of sp³-hybridized carbons (Fsp3) is 0.441. The van der Waals surface area contributed by atoms with Gasteiger partial charge in [-0.15, -0.1) is 0 Å². The highest BCUT2D eigenvalue weighted by molar-refractivity contribution is 5.82. The van der Waals surface area contributed by atoms with Gasteiger partial charge < -0.3 is 19.9 Å². The number of nitrogens with zero attached hydrogens (tertiary/aromatic N) is 2. The number of pyridine rings is 1. The monoisotopic (exact) mass is 649 g/mol. The number of nitrogens with one attached hydrogen (secondary N) is 1. The van der Waals surface area contributed by atoms with Crippen LogP contribution >= 0.6 is 0 Å². The first-order valence-corrected chi connectivity index (χ1v) is 14.9. The SMILES string of the molecule is Cc1cc(-c2c(C)cc(F)cc2C)cc([C@H](CC(=O)O)NC(=O)[C@H](CC(C)C)n2cc(CCN(C)C)c(C(F)(F)F)cc2=O)c1F. The van der Waals surface area contributed by atoms with Crippen molar-refractivity contribution in [2.24, 2.45) is 5.92 Å². The predicted octanol–water partition coefficient (Wildman–Crippen LogP) is 6.76. The van der Waals surface area contributed by atoms with Crippen molar-refractivity contribution in [2.75, 3.05) is 20.6 Å². The molecule has 0 saturated heterocycles. The third kappa shape index (κ3) is 8.80. The van der Waals surface area contributed by atoms with Crippen LogP contribution in [0.15, 0.2) is 41.3 Å². The van der Waals surface area contributed by atoms with Crippen molar-refractivity contribution in [3.05, 3.63) is 91.9 Å².